The molecule has 0 radical (unpaired) electrons. The van der Waals surface area contributed by atoms with Crippen molar-refractivity contribution in [2.24, 2.45) is 71.0 Å². The maximum absolute atomic E-state index is 13.4. The van der Waals surface area contributed by atoms with E-state index in [0.29, 0.717) is 67.0 Å². The van der Waals surface area contributed by atoms with Crippen LogP contribution in [-0.2, 0) is 28.7 Å². The van der Waals surface area contributed by atoms with Crippen LogP contribution in [0.1, 0.15) is 111 Å². The number of hydrogen-bond donors (Lipinski definition) is 0. The zero-order valence-corrected chi connectivity index (χ0v) is 25.1. The van der Waals surface area contributed by atoms with Gasteiger partial charge in [-0.15, -0.1) is 0 Å². The molecule has 1 heterocycles. The molecular weight excluding hydrogens is 504 g/mol. The van der Waals surface area contributed by atoms with Gasteiger partial charge in [0, 0.05) is 11.8 Å². The predicted octanol–water partition coefficient (Wildman–Crippen LogP) is 6.53. The van der Waals surface area contributed by atoms with Crippen molar-refractivity contribution in [3.8, 4) is 0 Å². The molecule has 6 heteroatoms. The fourth-order valence-electron chi connectivity index (χ4n) is 11.4. The number of Topliss-reactive ketones (excluding diaryl/α,β-unsaturated/α-hetero) is 1. The molecule has 6 fully saturated rings. The Morgan fingerprint density at radius 2 is 1.65 bits per heavy atom. The van der Waals surface area contributed by atoms with Gasteiger partial charge in [-0.05, 0) is 126 Å². The molecule has 13 unspecified atom stereocenters. The van der Waals surface area contributed by atoms with Crippen molar-refractivity contribution >= 4 is 23.7 Å². The zero-order chi connectivity index (χ0) is 28.3. The molecule has 0 amide bonds. The van der Waals surface area contributed by atoms with E-state index < -0.39 is 23.8 Å². The molecule has 222 valence electrons. The van der Waals surface area contributed by atoms with Crippen LogP contribution in [0, 0.1) is 71.0 Å². The minimum Gasteiger partial charge on any atom is -0.459 e. The average Bonchev–Trinajstić information content (AvgIpc) is 3.73. The summed E-state index contributed by atoms with van der Waals surface area (Å²) in [5.74, 6) is 3.24. The maximum atomic E-state index is 13.4. The average molecular weight is 555 g/mol. The van der Waals surface area contributed by atoms with Gasteiger partial charge < -0.3 is 9.47 Å². The summed E-state index contributed by atoms with van der Waals surface area (Å²) < 4.78 is 11.5. The molecule has 13 atom stereocenters. The summed E-state index contributed by atoms with van der Waals surface area (Å²) in [5, 5.41) is 0. The van der Waals surface area contributed by atoms with E-state index in [4.69, 9.17) is 9.47 Å². The number of ketones is 1. The van der Waals surface area contributed by atoms with Gasteiger partial charge in [-0.25, -0.2) is 0 Å². The van der Waals surface area contributed by atoms with Crippen LogP contribution in [-0.4, -0.2) is 29.3 Å². The minimum atomic E-state index is -0.478. The molecule has 4 bridgehead atoms. The van der Waals surface area contributed by atoms with Crippen molar-refractivity contribution in [1.82, 2.24) is 0 Å². The molecule has 5 saturated carbocycles. The number of carbonyl (C=O) groups excluding carboxylic acids is 4. The standard InChI is InChI=1S/C34H50O6/c1-5-19(31(36)40-34(4)17-21-16-30(34)25-9-7-8-23(21)25)10-11-26-27(33(38)39-32(26)37)13-12-24-22(6-2)20-14-28(18(3)35)29(24)15-20/h19-30H,5-17H2,1-4H3. The van der Waals surface area contributed by atoms with E-state index in [-0.39, 0.29) is 23.4 Å². The van der Waals surface area contributed by atoms with Crippen LogP contribution in [0.5, 0.6) is 0 Å². The lowest BCUT2D eigenvalue weighted by atomic mass is 9.69. The molecule has 0 aromatic rings. The van der Waals surface area contributed by atoms with Crippen LogP contribution < -0.4 is 0 Å². The van der Waals surface area contributed by atoms with Crippen molar-refractivity contribution in [1.29, 1.82) is 0 Å². The van der Waals surface area contributed by atoms with Crippen LogP contribution in [0.4, 0.5) is 0 Å². The molecule has 6 nitrogen and oxygen atoms in total. The first-order valence-corrected chi connectivity index (χ1v) is 16.6. The van der Waals surface area contributed by atoms with Gasteiger partial charge in [0.25, 0.3) is 0 Å². The Bertz CT molecular complexity index is 1040. The second kappa shape index (κ2) is 10.8. The summed E-state index contributed by atoms with van der Waals surface area (Å²) in [4.78, 5) is 51.3. The fourth-order valence-corrected chi connectivity index (χ4v) is 11.4. The third kappa shape index (κ3) is 4.68. The van der Waals surface area contributed by atoms with E-state index in [1.54, 1.807) is 6.92 Å². The SMILES string of the molecule is CCC(CCC1C(=O)OC(=O)C1CCC1C(CC)C2CC(C(C)=O)C1C2)C(=O)OC1(C)CC2CC1C1CCCC21. The normalized spacial score (nSPS) is 45.6. The molecule has 6 aliphatic rings. The second-order valence-electron chi connectivity index (χ2n) is 14.9. The zero-order valence-electron chi connectivity index (χ0n) is 25.1. The first-order chi connectivity index (χ1) is 19.1. The smallest absolute Gasteiger partial charge is 0.317 e. The molecule has 5 aliphatic carbocycles. The topological polar surface area (TPSA) is 86.7 Å². The van der Waals surface area contributed by atoms with Gasteiger partial charge in [0.2, 0.25) is 0 Å². The molecular formula is C34H50O6. The molecule has 1 aliphatic heterocycles. The highest BCUT2D eigenvalue weighted by atomic mass is 16.6. The number of ether oxygens (including phenoxy) is 2. The van der Waals surface area contributed by atoms with E-state index in [1.807, 2.05) is 6.92 Å². The molecule has 0 aromatic carbocycles. The molecule has 6 rings (SSSR count). The van der Waals surface area contributed by atoms with Crippen LogP contribution >= 0.6 is 0 Å². The van der Waals surface area contributed by atoms with E-state index >= 15 is 0 Å². The first-order valence-electron chi connectivity index (χ1n) is 16.6. The van der Waals surface area contributed by atoms with Crippen molar-refractivity contribution in [3.05, 3.63) is 0 Å². The molecule has 0 N–H and O–H groups in total. The third-order valence-electron chi connectivity index (χ3n) is 13.2. The lowest BCUT2D eigenvalue weighted by Gasteiger charge is -2.40. The lowest BCUT2D eigenvalue weighted by molar-refractivity contribution is -0.172. The molecule has 0 spiro atoms. The largest absolute Gasteiger partial charge is 0.459 e. The van der Waals surface area contributed by atoms with Gasteiger partial charge in [-0.1, -0.05) is 26.7 Å². The van der Waals surface area contributed by atoms with E-state index in [1.165, 1.54) is 25.7 Å². The number of cyclic esters (lactones) is 2. The number of hydrogen-bond acceptors (Lipinski definition) is 6. The van der Waals surface area contributed by atoms with Crippen molar-refractivity contribution in [2.45, 2.75) is 117 Å². The van der Waals surface area contributed by atoms with Gasteiger partial charge in [0.05, 0.1) is 17.8 Å². The first kappa shape index (κ1) is 28.4. The van der Waals surface area contributed by atoms with Crippen LogP contribution in [0.15, 0.2) is 0 Å². The van der Waals surface area contributed by atoms with Crippen LogP contribution in [0.3, 0.4) is 0 Å². The number of carbonyl (C=O) groups is 4. The van der Waals surface area contributed by atoms with Crippen molar-refractivity contribution in [2.75, 3.05) is 0 Å². The number of esters is 3. The maximum Gasteiger partial charge on any atom is 0.317 e. The Kier molecular flexibility index (Phi) is 7.70. The van der Waals surface area contributed by atoms with Gasteiger partial charge in [-0.2, -0.15) is 0 Å². The highest BCUT2D eigenvalue weighted by Gasteiger charge is 2.61. The van der Waals surface area contributed by atoms with Crippen LogP contribution in [0.25, 0.3) is 0 Å². The number of fused-ring (bicyclic) bond motifs is 7. The Morgan fingerprint density at radius 1 is 0.925 bits per heavy atom. The monoisotopic (exact) mass is 554 g/mol. The molecule has 0 aromatic heterocycles. The third-order valence-corrected chi connectivity index (χ3v) is 13.2. The quantitative estimate of drug-likeness (QED) is 0.213. The Hall–Kier alpha value is -1.72. The van der Waals surface area contributed by atoms with E-state index in [2.05, 4.69) is 13.8 Å². The second-order valence-corrected chi connectivity index (χ2v) is 14.9. The molecule has 40 heavy (non-hydrogen) atoms. The van der Waals surface area contributed by atoms with Gasteiger partial charge in [-0.3, -0.25) is 19.2 Å². The summed E-state index contributed by atoms with van der Waals surface area (Å²) in [6, 6.07) is 0. The van der Waals surface area contributed by atoms with Gasteiger partial charge >= 0.3 is 17.9 Å². The predicted molar refractivity (Wildman–Crippen MR) is 150 cm³/mol. The van der Waals surface area contributed by atoms with E-state index in [0.717, 1.165) is 43.9 Å². The van der Waals surface area contributed by atoms with Crippen molar-refractivity contribution < 1.29 is 28.7 Å². The van der Waals surface area contributed by atoms with Crippen molar-refractivity contribution in [3.63, 3.8) is 0 Å². The highest BCUT2D eigenvalue weighted by Crippen LogP contribution is 2.63. The Balaban J connectivity index is 1.06. The Labute approximate surface area is 240 Å². The van der Waals surface area contributed by atoms with Gasteiger partial charge in [0.1, 0.15) is 11.4 Å². The number of rotatable bonds is 11. The lowest BCUT2D eigenvalue weighted by Crippen LogP contribution is -2.43. The molecule has 1 saturated heterocycles. The van der Waals surface area contributed by atoms with E-state index in [9.17, 15) is 19.2 Å². The fraction of sp³-hybridized carbons (Fsp3) is 0.882. The highest BCUT2D eigenvalue weighted by molar-refractivity contribution is 5.96. The summed E-state index contributed by atoms with van der Waals surface area (Å²) in [6.07, 6.45) is 12.6. The summed E-state index contributed by atoms with van der Waals surface area (Å²) >= 11 is 0. The summed E-state index contributed by atoms with van der Waals surface area (Å²) in [5.41, 5.74) is -0.348. The summed E-state index contributed by atoms with van der Waals surface area (Å²) in [6.45, 7) is 8.15. The Morgan fingerprint density at radius 3 is 2.35 bits per heavy atom. The van der Waals surface area contributed by atoms with Gasteiger partial charge in [0.15, 0.2) is 0 Å². The van der Waals surface area contributed by atoms with Crippen LogP contribution in [0.2, 0.25) is 0 Å². The summed E-state index contributed by atoms with van der Waals surface area (Å²) in [7, 11) is 0. The minimum absolute atomic E-state index is 0.121.